The van der Waals surface area contributed by atoms with Crippen LogP contribution in [0.3, 0.4) is 0 Å². The average Bonchev–Trinajstić information content (AvgIpc) is 3.16. The van der Waals surface area contributed by atoms with E-state index in [-0.39, 0.29) is 11.8 Å². The number of amides is 1. The molecule has 1 amide bonds. The van der Waals surface area contributed by atoms with E-state index in [1.807, 2.05) is 6.92 Å². The molecular formula is C18H24FN3O3. The Kier molecular flexibility index (Phi) is 3.93. The first-order valence-electron chi connectivity index (χ1n) is 8.35. The fourth-order valence-electron chi connectivity index (χ4n) is 3.13. The van der Waals surface area contributed by atoms with Crippen LogP contribution in [0, 0.1) is 5.82 Å². The van der Waals surface area contributed by atoms with E-state index >= 15 is 0 Å². The molecule has 0 saturated heterocycles. The van der Waals surface area contributed by atoms with Crippen LogP contribution in [-0.2, 0) is 15.0 Å². The molecule has 0 radical (unpaired) electrons. The topological polar surface area (TPSA) is 85.9 Å². The van der Waals surface area contributed by atoms with E-state index in [1.165, 1.54) is 12.1 Å². The molecular weight excluding hydrogens is 325 g/mol. The number of nitrogens with two attached hydrogens (primary N) is 1. The Morgan fingerprint density at radius 2 is 2.08 bits per heavy atom. The van der Waals surface area contributed by atoms with Gasteiger partial charge >= 0.3 is 6.09 Å². The van der Waals surface area contributed by atoms with E-state index in [0.29, 0.717) is 17.7 Å². The molecule has 1 fully saturated rings. The molecule has 1 aromatic carbocycles. The van der Waals surface area contributed by atoms with Gasteiger partial charge in [-0.3, -0.25) is 0 Å². The minimum absolute atomic E-state index is 0.0577. The van der Waals surface area contributed by atoms with Crippen LogP contribution in [0.5, 0.6) is 0 Å². The number of carbonyl (C=O) groups is 1. The second-order valence-corrected chi connectivity index (χ2v) is 8.02. The Labute approximate surface area is 146 Å². The van der Waals surface area contributed by atoms with Crippen LogP contribution in [-0.4, -0.2) is 23.3 Å². The van der Waals surface area contributed by atoms with E-state index in [9.17, 15) is 9.18 Å². The molecule has 1 spiro atoms. The number of carbonyl (C=O) groups excluding carboxylic acids is 1. The molecule has 25 heavy (non-hydrogen) atoms. The molecule has 1 unspecified atom stereocenters. The number of aliphatic imine (C=N–C) groups is 1. The third kappa shape index (κ3) is 3.86. The van der Waals surface area contributed by atoms with Gasteiger partial charge in [-0.1, -0.05) is 0 Å². The van der Waals surface area contributed by atoms with Crippen LogP contribution in [0.4, 0.5) is 14.9 Å². The number of nitrogen functional groups attached to an aromatic ring is 1. The number of alkyl carbamates (subject to hydrolysis) is 1. The third-order valence-corrected chi connectivity index (χ3v) is 4.31. The molecule has 1 atom stereocenters. The smallest absolute Gasteiger partial charge is 0.415 e. The van der Waals surface area contributed by atoms with Crippen molar-refractivity contribution in [2.75, 3.05) is 5.73 Å². The summed E-state index contributed by atoms with van der Waals surface area (Å²) in [6.45, 7) is 7.13. The molecule has 0 aromatic heterocycles. The molecule has 2 aliphatic rings. The molecule has 3 rings (SSSR count). The lowest BCUT2D eigenvalue weighted by molar-refractivity contribution is 0.0495. The van der Waals surface area contributed by atoms with Crippen molar-refractivity contribution in [3.63, 3.8) is 0 Å². The van der Waals surface area contributed by atoms with Crippen LogP contribution in [0.2, 0.25) is 0 Å². The van der Waals surface area contributed by atoms with Gasteiger partial charge in [0.1, 0.15) is 17.0 Å². The van der Waals surface area contributed by atoms with Crippen molar-refractivity contribution in [1.29, 1.82) is 0 Å². The standard InChI is InChI=1S/C18H24FN3O3/c1-16(2,3)25-15(23)21-14-22-17(4,10-18(24-14)7-8-18)12-9-11(20)5-6-13(12)19/h5-6,9H,7-8,10,20H2,1-4H3,(H,21,22,23). The number of rotatable bonds is 1. The number of hydrogen-bond donors (Lipinski definition) is 2. The Hall–Kier alpha value is -2.31. The van der Waals surface area contributed by atoms with Crippen molar-refractivity contribution in [3.8, 4) is 0 Å². The van der Waals surface area contributed by atoms with E-state index in [2.05, 4.69) is 10.3 Å². The molecule has 3 N–H and O–H groups in total. The Balaban J connectivity index is 1.91. The van der Waals surface area contributed by atoms with Gasteiger partial charge in [0, 0.05) is 17.7 Å². The van der Waals surface area contributed by atoms with Crippen molar-refractivity contribution in [2.24, 2.45) is 4.99 Å². The zero-order valence-electron chi connectivity index (χ0n) is 15.0. The van der Waals surface area contributed by atoms with Crippen molar-refractivity contribution in [2.45, 2.75) is 63.7 Å². The highest BCUT2D eigenvalue weighted by Crippen LogP contribution is 2.52. The number of hydrogen-bond acceptors (Lipinski definition) is 5. The van der Waals surface area contributed by atoms with Gasteiger partial charge in [0.25, 0.3) is 6.02 Å². The molecule has 1 aliphatic heterocycles. The van der Waals surface area contributed by atoms with Crippen LogP contribution in [0.25, 0.3) is 0 Å². The Morgan fingerprint density at radius 3 is 2.68 bits per heavy atom. The minimum Gasteiger partial charge on any atom is -0.458 e. The van der Waals surface area contributed by atoms with E-state index in [4.69, 9.17) is 15.2 Å². The van der Waals surface area contributed by atoms with E-state index < -0.39 is 22.8 Å². The van der Waals surface area contributed by atoms with E-state index in [1.54, 1.807) is 26.8 Å². The molecule has 0 bridgehead atoms. The lowest BCUT2D eigenvalue weighted by Crippen LogP contribution is -2.46. The molecule has 1 aromatic rings. The Morgan fingerprint density at radius 1 is 1.40 bits per heavy atom. The van der Waals surface area contributed by atoms with Crippen LogP contribution < -0.4 is 11.1 Å². The zero-order valence-corrected chi connectivity index (χ0v) is 15.0. The number of benzene rings is 1. The van der Waals surface area contributed by atoms with Crippen LogP contribution in [0.1, 0.15) is 52.5 Å². The lowest BCUT2D eigenvalue weighted by atomic mass is 9.84. The fraction of sp³-hybridized carbons (Fsp3) is 0.556. The molecule has 1 aliphatic carbocycles. The average molecular weight is 349 g/mol. The number of amidine groups is 1. The summed E-state index contributed by atoms with van der Waals surface area (Å²) in [5.74, 6) is -0.380. The largest absolute Gasteiger partial charge is 0.458 e. The Bertz CT molecular complexity index is 738. The van der Waals surface area contributed by atoms with Gasteiger partial charge in [-0.25, -0.2) is 19.5 Å². The first kappa shape index (κ1) is 17.5. The summed E-state index contributed by atoms with van der Waals surface area (Å²) in [6, 6.07) is 4.49. The predicted molar refractivity (Wildman–Crippen MR) is 92.6 cm³/mol. The van der Waals surface area contributed by atoms with Gasteiger partial charge in [0.05, 0.1) is 5.54 Å². The predicted octanol–water partition coefficient (Wildman–Crippen LogP) is 3.46. The van der Waals surface area contributed by atoms with Crippen molar-refractivity contribution in [1.82, 2.24) is 5.32 Å². The number of anilines is 1. The molecule has 136 valence electrons. The van der Waals surface area contributed by atoms with Crippen LogP contribution in [0.15, 0.2) is 23.2 Å². The first-order chi connectivity index (χ1) is 11.5. The summed E-state index contributed by atoms with van der Waals surface area (Å²) >= 11 is 0. The third-order valence-electron chi connectivity index (χ3n) is 4.31. The number of halogens is 1. The summed E-state index contributed by atoms with van der Waals surface area (Å²) in [6.07, 6.45) is 1.54. The normalized spacial score (nSPS) is 24.3. The lowest BCUT2D eigenvalue weighted by Gasteiger charge is -2.36. The number of nitrogens with zero attached hydrogens (tertiary/aromatic N) is 1. The molecule has 1 saturated carbocycles. The van der Waals surface area contributed by atoms with Gasteiger partial charge < -0.3 is 15.2 Å². The summed E-state index contributed by atoms with van der Waals surface area (Å²) in [4.78, 5) is 16.5. The first-order valence-corrected chi connectivity index (χ1v) is 8.35. The zero-order chi connectivity index (χ0) is 18.5. The van der Waals surface area contributed by atoms with Crippen molar-refractivity contribution >= 4 is 17.8 Å². The highest BCUT2D eigenvalue weighted by atomic mass is 19.1. The summed E-state index contributed by atoms with van der Waals surface area (Å²) in [5.41, 5.74) is 4.75. The quantitative estimate of drug-likeness (QED) is 0.760. The molecule has 7 heteroatoms. The highest BCUT2D eigenvalue weighted by Gasteiger charge is 2.55. The van der Waals surface area contributed by atoms with E-state index in [0.717, 1.165) is 12.8 Å². The maximum Gasteiger partial charge on any atom is 0.415 e. The van der Waals surface area contributed by atoms with Gasteiger partial charge in [-0.15, -0.1) is 0 Å². The monoisotopic (exact) mass is 349 g/mol. The van der Waals surface area contributed by atoms with Gasteiger partial charge in [0.2, 0.25) is 0 Å². The van der Waals surface area contributed by atoms with Gasteiger partial charge in [-0.2, -0.15) is 0 Å². The number of nitrogens with one attached hydrogen (secondary N) is 1. The maximum atomic E-state index is 14.4. The maximum absolute atomic E-state index is 14.4. The van der Waals surface area contributed by atoms with Gasteiger partial charge in [-0.05, 0) is 58.7 Å². The summed E-state index contributed by atoms with van der Waals surface area (Å²) < 4.78 is 25.5. The van der Waals surface area contributed by atoms with Crippen LogP contribution >= 0.6 is 0 Å². The van der Waals surface area contributed by atoms with Gasteiger partial charge in [0.15, 0.2) is 0 Å². The second kappa shape index (κ2) is 5.61. The molecule has 1 heterocycles. The summed E-state index contributed by atoms with van der Waals surface area (Å²) in [5, 5.41) is 2.54. The highest BCUT2D eigenvalue weighted by molar-refractivity contribution is 5.91. The number of ether oxygens (including phenoxy) is 2. The summed E-state index contributed by atoms with van der Waals surface area (Å²) in [7, 11) is 0. The van der Waals surface area contributed by atoms with Crippen molar-refractivity contribution < 1.29 is 18.7 Å². The fourth-order valence-corrected chi connectivity index (χ4v) is 3.13. The molecule has 6 nitrogen and oxygen atoms in total. The van der Waals surface area contributed by atoms with Crippen molar-refractivity contribution in [3.05, 3.63) is 29.6 Å². The SMILES string of the molecule is CC(C)(C)OC(=O)NC1=NC(C)(c2cc(N)ccc2F)CC2(CC2)O1. The second-order valence-electron chi connectivity index (χ2n) is 8.02. The minimum atomic E-state index is -0.876.